The van der Waals surface area contributed by atoms with Crippen LogP contribution in [0.5, 0.6) is 0 Å². The molecule has 0 aromatic heterocycles. The van der Waals surface area contributed by atoms with Gasteiger partial charge in [0.15, 0.2) is 0 Å². The molecule has 2 aliphatic heterocycles. The van der Waals surface area contributed by atoms with Gasteiger partial charge >= 0.3 is 11.9 Å². The molecule has 1 aromatic carbocycles. The number of rotatable bonds is 22. The van der Waals surface area contributed by atoms with Gasteiger partial charge in [0.05, 0.1) is 30.9 Å². The molecule has 0 aliphatic carbocycles. The number of carboxylic acid groups (broad SMARTS) is 2. The van der Waals surface area contributed by atoms with Crippen LogP contribution in [-0.4, -0.2) is 126 Å². The molecule has 56 heavy (non-hydrogen) atoms. The number of aliphatic hydroxyl groups is 1. The van der Waals surface area contributed by atoms with Crippen LogP contribution in [0.3, 0.4) is 0 Å². The van der Waals surface area contributed by atoms with Crippen molar-refractivity contribution in [3.8, 4) is 0 Å². The van der Waals surface area contributed by atoms with E-state index in [2.05, 4.69) is 37.2 Å². The summed E-state index contributed by atoms with van der Waals surface area (Å²) in [4.78, 5) is 88.7. The number of benzene rings is 1. The Kier molecular flexibility index (Phi) is 19.1. The van der Waals surface area contributed by atoms with Gasteiger partial charge in [0.1, 0.15) is 0 Å². The average Bonchev–Trinajstić information content (AvgIpc) is 3.13. The van der Waals surface area contributed by atoms with Gasteiger partial charge in [-0.2, -0.15) is 0 Å². The van der Waals surface area contributed by atoms with Gasteiger partial charge in [-0.15, -0.1) is 0 Å². The summed E-state index contributed by atoms with van der Waals surface area (Å²) in [7, 11) is 0. The first kappa shape index (κ1) is 45.7. The minimum atomic E-state index is -1.19. The minimum absolute atomic E-state index is 0.0744. The first-order valence-electron chi connectivity index (χ1n) is 19.4. The molecule has 0 spiro atoms. The average molecular weight is 789 g/mol. The first-order valence-corrected chi connectivity index (χ1v) is 19.4. The van der Waals surface area contributed by atoms with E-state index in [9.17, 15) is 43.8 Å². The van der Waals surface area contributed by atoms with Crippen LogP contribution in [0, 0.1) is 17.8 Å². The van der Waals surface area contributed by atoms with E-state index >= 15 is 0 Å². The molecular weight excluding hydrogens is 728 g/mol. The number of carbonyl (C=O) groups is 7. The zero-order valence-electron chi connectivity index (χ0n) is 32.3. The summed E-state index contributed by atoms with van der Waals surface area (Å²) in [6.45, 7) is 5.13. The molecule has 1 aromatic rings. The topological polar surface area (TPSA) is 290 Å². The van der Waals surface area contributed by atoms with E-state index in [1.54, 1.807) is 0 Å². The van der Waals surface area contributed by atoms with Gasteiger partial charge in [0.2, 0.25) is 29.5 Å². The van der Waals surface area contributed by atoms with Crippen LogP contribution in [0.4, 0.5) is 0 Å². The van der Waals surface area contributed by atoms with Crippen molar-refractivity contribution in [1.29, 1.82) is 0 Å². The van der Waals surface area contributed by atoms with Crippen LogP contribution < -0.4 is 43.0 Å². The molecule has 5 amide bonds. The Labute approximate surface area is 327 Å². The van der Waals surface area contributed by atoms with E-state index < -0.39 is 84.7 Å². The molecule has 0 saturated carbocycles. The molecule has 2 heterocycles. The molecule has 18 heteroatoms. The number of nitrogens with one attached hydrogen (secondary N) is 7. The molecule has 2 aliphatic rings. The molecule has 0 bridgehead atoms. The Bertz CT molecular complexity index is 1480. The maximum absolute atomic E-state index is 13.8. The highest BCUT2D eigenvalue weighted by Crippen LogP contribution is 2.17. The Morgan fingerprint density at radius 3 is 1.96 bits per heavy atom. The summed E-state index contributed by atoms with van der Waals surface area (Å²) in [6, 6.07) is 5.22. The smallest absolute Gasteiger partial charge is 0.305 e. The van der Waals surface area contributed by atoms with Crippen molar-refractivity contribution < 1.29 is 48.9 Å². The van der Waals surface area contributed by atoms with Crippen LogP contribution >= 0.6 is 0 Å². The van der Waals surface area contributed by atoms with E-state index in [0.717, 1.165) is 5.56 Å². The predicted octanol–water partition coefficient (Wildman–Crippen LogP) is -1.64. The highest BCUT2D eigenvalue weighted by atomic mass is 16.4. The fourth-order valence-corrected chi connectivity index (χ4v) is 6.98. The molecule has 18 nitrogen and oxygen atoms in total. The van der Waals surface area contributed by atoms with Crippen LogP contribution in [0.2, 0.25) is 0 Å². The van der Waals surface area contributed by atoms with Gasteiger partial charge < -0.3 is 58.3 Å². The number of hydrogen-bond acceptors (Lipinski definition) is 11. The molecule has 0 radical (unpaired) electrons. The Balaban J connectivity index is 1.62. The highest BCUT2D eigenvalue weighted by Gasteiger charge is 2.35. The number of carboxylic acids is 2. The fraction of sp³-hybridized carbons (Fsp3) is 0.658. The van der Waals surface area contributed by atoms with Crippen molar-refractivity contribution >= 4 is 41.5 Å². The third-order valence-corrected chi connectivity index (χ3v) is 10.2. The fourth-order valence-electron chi connectivity index (χ4n) is 6.98. The van der Waals surface area contributed by atoms with Gasteiger partial charge in [-0.25, -0.2) is 0 Å². The maximum atomic E-state index is 13.8. The quantitative estimate of drug-likeness (QED) is 0.0630. The third kappa shape index (κ3) is 16.2. The Morgan fingerprint density at radius 1 is 0.732 bits per heavy atom. The molecular formula is C38H60N8O10. The van der Waals surface area contributed by atoms with Crippen molar-refractivity contribution in [2.24, 2.45) is 23.5 Å². The lowest BCUT2D eigenvalue weighted by molar-refractivity contribution is -0.140. The molecule has 312 valence electrons. The predicted molar refractivity (Wildman–Crippen MR) is 205 cm³/mol. The first-order chi connectivity index (χ1) is 26.6. The summed E-state index contributed by atoms with van der Waals surface area (Å²) < 4.78 is 0. The number of hydrogen-bond donors (Lipinski definition) is 11. The summed E-state index contributed by atoms with van der Waals surface area (Å²) in [6.07, 6.45) is -0.0119. The van der Waals surface area contributed by atoms with Crippen LogP contribution in [0.25, 0.3) is 0 Å². The van der Waals surface area contributed by atoms with E-state index in [4.69, 9.17) is 10.8 Å². The number of nitrogens with two attached hydrogens (primary N) is 1. The summed E-state index contributed by atoms with van der Waals surface area (Å²) in [5, 5.41) is 48.7. The molecule has 8 atom stereocenters. The monoisotopic (exact) mass is 788 g/mol. The number of amides is 5. The van der Waals surface area contributed by atoms with Crippen LogP contribution in [0.1, 0.15) is 70.8 Å². The lowest BCUT2D eigenvalue weighted by Crippen LogP contribution is -2.57. The van der Waals surface area contributed by atoms with Gasteiger partial charge in [-0.05, 0) is 50.3 Å². The van der Waals surface area contributed by atoms with Crippen LogP contribution in [0.15, 0.2) is 30.3 Å². The van der Waals surface area contributed by atoms with Gasteiger partial charge in [0, 0.05) is 69.0 Å². The number of aliphatic carboxylic acids is 2. The summed E-state index contributed by atoms with van der Waals surface area (Å²) in [5.74, 6) is -5.79. The van der Waals surface area contributed by atoms with Gasteiger partial charge in [0.25, 0.3) is 0 Å². The molecule has 2 fully saturated rings. The third-order valence-electron chi connectivity index (χ3n) is 10.2. The van der Waals surface area contributed by atoms with Crippen LogP contribution in [-0.2, 0) is 40.0 Å². The normalized spacial score (nSPS) is 21.7. The number of carbonyl (C=O) groups excluding carboxylic acids is 5. The Hall–Kier alpha value is -4.65. The SMILES string of the molecule is CC(C)[C@@H](CC(=O)N[C@@H]1CCNC[C@H]1C(=O)N[C@H](CC(=O)N[C@@H](CCC(=O)O)CC(=O)O)Cc1ccccc1)NC(=O)C[C@H](CO)NC(=O)[C@@H]1CNCC[C@H]1N. The lowest BCUT2D eigenvalue weighted by Gasteiger charge is -2.34. The van der Waals surface area contributed by atoms with Crippen molar-refractivity contribution in [3.63, 3.8) is 0 Å². The van der Waals surface area contributed by atoms with E-state index in [1.807, 2.05) is 44.2 Å². The second-order valence-electron chi connectivity index (χ2n) is 15.1. The van der Waals surface area contributed by atoms with Crippen molar-refractivity contribution in [3.05, 3.63) is 35.9 Å². The zero-order chi connectivity index (χ0) is 41.2. The summed E-state index contributed by atoms with van der Waals surface area (Å²) in [5.41, 5.74) is 6.93. The molecule has 2 saturated heterocycles. The van der Waals surface area contributed by atoms with Gasteiger partial charge in [-0.1, -0.05) is 44.2 Å². The standard InChI is InChI=1S/C38H60N8O10/c1-22(2)31(46-33(49)16-26(21-47)44-37(55)27-19-40-12-10-29(27)39)18-34(50)45-30-11-13-41-20-28(30)38(56)43-25(14-23-6-4-3-5-7-23)15-32(48)42-24(17-36(53)54)8-9-35(51)52/h3-7,22,24-31,40-41,47H,8-21,39H2,1-2H3,(H,42,48)(H,43,56)(H,44,55)(H,45,50)(H,46,49)(H,51,52)(H,53,54)/t24-,25-,26+,27+,28+,29+,30+,31+/m0/s1. The van der Waals surface area contributed by atoms with E-state index in [-0.39, 0.29) is 68.8 Å². The van der Waals surface area contributed by atoms with E-state index in [1.165, 1.54) is 0 Å². The molecule has 12 N–H and O–H groups in total. The largest absolute Gasteiger partial charge is 0.481 e. The maximum Gasteiger partial charge on any atom is 0.305 e. The van der Waals surface area contributed by atoms with Gasteiger partial charge in [-0.3, -0.25) is 33.6 Å². The van der Waals surface area contributed by atoms with E-state index in [0.29, 0.717) is 32.5 Å². The number of piperidine rings is 2. The minimum Gasteiger partial charge on any atom is -0.481 e. The lowest BCUT2D eigenvalue weighted by atomic mass is 9.91. The molecule has 3 rings (SSSR count). The van der Waals surface area contributed by atoms with Crippen molar-refractivity contribution in [1.82, 2.24) is 37.2 Å². The second-order valence-corrected chi connectivity index (χ2v) is 15.1. The molecule has 0 unspecified atom stereocenters. The zero-order valence-corrected chi connectivity index (χ0v) is 32.3. The van der Waals surface area contributed by atoms with Crippen molar-refractivity contribution in [2.45, 2.75) is 108 Å². The second kappa shape index (κ2) is 23.4. The van der Waals surface area contributed by atoms with Crippen molar-refractivity contribution in [2.75, 3.05) is 32.8 Å². The highest BCUT2D eigenvalue weighted by molar-refractivity contribution is 5.85. The summed E-state index contributed by atoms with van der Waals surface area (Å²) >= 11 is 0. The Morgan fingerprint density at radius 2 is 1.34 bits per heavy atom. The number of aliphatic hydroxyl groups excluding tert-OH is 1.